The van der Waals surface area contributed by atoms with Crippen LogP contribution in [0.15, 0.2) is 11.2 Å². The molecule has 0 spiro atoms. The Hall–Kier alpha value is -0.520. The molecule has 0 unspecified atom stereocenters. The highest BCUT2D eigenvalue weighted by Gasteiger charge is 2.36. The molecule has 1 saturated heterocycles. The maximum atomic E-state index is 11.9. The van der Waals surface area contributed by atoms with E-state index in [1.165, 1.54) is 11.8 Å². The summed E-state index contributed by atoms with van der Waals surface area (Å²) < 4.78 is 10.5. The van der Waals surface area contributed by atoms with Gasteiger partial charge < -0.3 is 9.47 Å². The highest BCUT2D eigenvalue weighted by molar-refractivity contribution is 8.04. The quantitative estimate of drug-likeness (QED) is 0.758. The van der Waals surface area contributed by atoms with E-state index in [1.807, 2.05) is 19.3 Å². The van der Waals surface area contributed by atoms with Crippen molar-refractivity contribution in [3.8, 4) is 0 Å². The molecule has 0 saturated carbocycles. The molecule has 1 fully saturated rings. The van der Waals surface area contributed by atoms with E-state index in [1.54, 1.807) is 0 Å². The number of rotatable bonds is 4. The van der Waals surface area contributed by atoms with Gasteiger partial charge >= 0.3 is 0 Å². The van der Waals surface area contributed by atoms with Gasteiger partial charge in [-0.3, -0.25) is 9.69 Å². The van der Waals surface area contributed by atoms with Crippen molar-refractivity contribution in [1.29, 1.82) is 0 Å². The lowest BCUT2D eigenvalue weighted by molar-refractivity contribution is -0.120. The summed E-state index contributed by atoms with van der Waals surface area (Å²) in [7, 11) is 0. The average molecular weight is 257 g/mol. The highest BCUT2D eigenvalue weighted by Crippen LogP contribution is 2.36. The van der Waals surface area contributed by atoms with Gasteiger partial charge in [0.15, 0.2) is 5.76 Å². The predicted molar refractivity (Wildman–Crippen MR) is 68.0 cm³/mol. The van der Waals surface area contributed by atoms with Gasteiger partial charge in [-0.05, 0) is 13.8 Å². The number of ether oxygens (including phenoxy) is 2. The summed E-state index contributed by atoms with van der Waals surface area (Å²) in [6, 6.07) is 0. The van der Waals surface area contributed by atoms with Gasteiger partial charge in [-0.15, -0.1) is 11.8 Å². The van der Waals surface area contributed by atoms with Crippen LogP contribution in [0, 0.1) is 0 Å². The summed E-state index contributed by atoms with van der Waals surface area (Å²) in [6.07, 6.45) is 0. The molecule has 17 heavy (non-hydrogen) atoms. The number of carbonyl (C=O) groups excluding carboxylic acids is 1. The third-order valence-electron chi connectivity index (χ3n) is 3.00. The first-order valence-electron chi connectivity index (χ1n) is 5.95. The second kappa shape index (κ2) is 5.42. The van der Waals surface area contributed by atoms with Gasteiger partial charge in [0.2, 0.25) is 5.78 Å². The van der Waals surface area contributed by atoms with Gasteiger partial charge in [0.05, 0.1) is 18.0 Å². The Kier molecular flexibility index (Phi) is 4.12. The number of hydrogen-bond donors (Lipinski definition) is 0. The third kappa shape index (κ3) is 3.24. The maximum absolute atomic E-state index is 11.9. The van der Waals surface area contributed by atoms with Gasteiger partial charge in [-0.25, -0.2) is 0 Å². The second-order valence-corrected chi connectivity index (χ2v) is 6.23. The Labute approximate surface area is 106 Å². The molecular formula is C12H19NO3S. The zero-order valence-electron chi connectivity index (χ0n) is 10.4. The van der Waals surface area contributed by atoms with Gasteiger partial charge in [0.1, 0.15) is 6.61 Å². The summed E-state index contributed by atoms with van der Waals surface area (Å²) in [6.45, 7) is 8.79. The van der Waals surface area contributed by atoms with Gasteiger partial charge in [-0.2, -0.15) is 0 Å². The lowest BCUT2D eigenvalue weighted by Crippen LogP contribution is -2.38. The van der Waals surface area contributed by atoms with Crippen LogP contribution in [-0.4, -0.2) is 54.9 Å². The number of hydrogen-bond acceptors (Lipinski definition) is 5. The molecule has 2 aliphatic rings. The van der Waals surface area contributed by atoms with Crippen molar-refractivity contribution < 1.29 is 14.3 Å². The van der Waals surface area contributed by atoms with E-state index in [9.17, 15) is 4.79 Å². The molecule has 0 aromatic heterocycles. The van der Waals surface area contributed by atoms with Gasteiger partial charge in [0.25, 0.3) is 0 Å². The first-order valence-corrected chi connectivity index (χ1v) is 6.83. The Morgan fingerprint density at radius 2 is 2.18 bits per heavy atom. The summed E-state index contributed by atoms with van der Waals surface area (Å²) in [5.74, 6) is 0.623. The molecule has 0 atom stereocenters. The summed E-state index contributed by atoms with van der Waals surface area (Å²) >= 11 is 1.53. The second-order valence-electron chi connectivity index (χ2n) is 4.74. The SMILES string of the molecule is CC1(C)SC=C(OCCN2CCOCC2)C1=O. The van der Waals surface area contributed by atoms with Crippen molar-refractivity contribution >= 4 is 17.5 Å². The van der Waals surface area contributed by atoms with Crippen LogP contribution in [0.25, 0.3) is 0 Å². The van der Waals surface area contributed by atoms with Crippen LogP contribution in [0.4, 0.5) is 0 Å². The van der Waals surface area contributed by atoms with Crippen molar-refractivity contribution in [1.82, 2.24) is 4.90 Å². The average Bonchev–Trinajstić information content (AvgIpc) is 2.57. The minimum Gasteiger partial charge on any atom is -0.488 e. The van der Waals surface area contributed by atoms with Crippen LogP contribution in [0.2, 0.25) is 0 Å². The fraction of sp³-hybridized carbons (Fsp3) is 0.750. The standard InChI is InChI=1S/C12H19NO3S/c1-12(2)11(14)10(9-17-12)16-8-5-13-3-6-15-7-4-13/h9H,3-8H2,1-2H3. The van der Waals surface area contributed by atoms with E-state index < -0.39 is 0 Å². The maximum Gasteiger partial charge on any atom is 0.213 e. The van der Waals surface area contributed by atoms with Crippen LogP contribution in [0.3, 0.4) is 0 Å². The summed E-state index contributed by atoms with van der Waals surface area (Å²) in [4.78, 5) is 14.2. The van der Waals surface area contributed by atoms with Crippen LogP contribution in [0.5, 0.6) is 0 Å². The van der Waals surface area contributed by atoms with E-state index in [0.717, 1.165) is 32.8 Å². The van der Waals surface area contributed by atoms with E-state index in [2.05, 4.69) is 4.90 Å². The number of ketones is 1. The normalized spacial score (nSPS) is 24.8. The molecule has 4 nitrogen and oxygen atoms in total. The Morgan fingerprint density at radius 1 is 1.47 bits per heavy atom. The Balaban J connectivity index is 1.70. The molecule has 5 heteroatoms. The first kappa shape index (κ1) is 12.9. The summed E-state index contributed by atoms with van der Waals surface area (Å²) in [5.41, 5.74) is 0. The van der Waals surface area contributed by atoms with Crippen molar-refractivity contribution in [3.05, 3.63) is 11.2 Å². The number of Topliss-reactive ketones (excluding diaryl/α,β-unsaturated/α-hetero) is 1. The lowest BCUT2D eigenvalue weighted by Gasteiger charge is -2.26. The Bertz CT molecular complexity index is 322. The molecule has 0 N–H and O–H groups in total. The Morgan fingerprint density at radius 3 is 2.76 bits per heavy atom. The molecule has 2 heterocycles. The molecule has 2 aliphatic heterocycles. The largest absolute Gasteiger partial charge is 0.488 e. The summed E-state index contributed by atoms with van der Waals surface area (Å²) in [5, 5.41) is 1.83. The molecular weight excluding hydrogens is 238 g/mol. The van der Waals surface area contributed by atoms with Gasteiger partial charge in [-0.1, -0.05) is 0 Å². The number of allylic oxidation sites excluding steroid dienone is 1. The molecule has 0 aromatic rings. The van der Waals surface area contributed by atoms with Gasteiger partial charge in [0, 0.05) is 25.0 Å². The van der Waals surface area contributed by atoms with Crippen LogP contribution in [0.1, 0.15) is 13.8 Å². The topological polar surface area (TPSA) is 38.8 Å². The molecule has 0 bridgehead atoms. The first-order chi connectivity index (χ1) is 8.09. The minimum absolute atomic E-state index is 0.101. The molecule has 0 amide bonds. The van der Waals surface area contributed by atoms with E-state index >= 15 is 0 Å². The third-order valence-corrected chi connectivity index (χ3v) is 4.11. The fourth-order valence-corrected chi connectivity index (χ4v) is 2.60. The van der Waals surface area contributed by atoms with Crippen LogP contribution >= 0.6 is 11.8 Å². The fourth-order valence-electron chi connectivity index (χ4n) is 1.81. The molecule has 0 aliphatic carbocycles. The zero-order valence-corrected chi connectivity index (χ0v) is 11.2. The van der Waals surface area contributed by atoms with E-state index in [4.69, 9.17) is 9.47 Å². The van der Waals surface area contributed by atoms with E-state index in [0.29, 0.717) is 12.4 Å². The molecule has 2 rings (SSSR count). The molecule has 0 aromatic carbocycles. The zero-order chi connectivity index (χ0) is 12.3. The number of thioether (sulfide) groups is 1. The highest BCUT2D eigenvalue weighted by atomic mass is 32.2. The van der Waals surface area contributed by atoms with Crippen molar-refractivity contribution in [2.75, 3.05) is 39.5 Å². The smallest absolute Gasteiger partial charge is 0.213 e. The molecule has 0 radical (unpaired) electrons. The van der Waals surface area contributed by atoms with Crippen molar-refractivity contribution in [3.63, 3.8) is 0 Å². The van der Waals surface area contributed by atoms with Crippen LogP contribution in [-0.2, 0) is 14.3 Å². The molecule has 96 valence electrons. The number of carbonyl (C=O) groups is 1. The van der Waals surface area contributed by atoms with E-state index in [-0.39, 0.29) is 10.5 Å². The minimum atomic E-state index is -0.353. The van der Waals surface area contributed by atoms with Crippen LogP contribution < -0.4 is 0 Å². The number of morpholine rings is 1. The predicted octanol–water partition coefficient (Wildman–Crippen LogP) is 1.27. The lowest BCUT2D eigenvalue weighted by atomic mass is 10.1. The van der Waals surface area contributed by atoms with Crippen molar-refractivity contribution in [2.45, 2.75) is 18.6 Å². The monoisotopic (exact) mass is 257 g/mol. The number of nitrogens with zero attached hydrogens (tertiary/aromatic N) is 1. The van der Waals surface area contributed by atoms with Crippen molar-refractivity contribution in [2.24, 2.45) is 0 Å².